The van der Waals surface area contributed by atoms with Gasteiger partial charge in [-0.05, 0) is 99.3 Å². The first kappa shape index (κ1) is 21.4. The minimum atomic E-state index is -0.263. The second kappa shape index (κ2) is 8.04. The first-order valence-corrected chi connectivity index (χ1v) is 12.2. The second-order valence-electron chi connectivity index (χ2n) is 10.9. The van der Waals surface area contributed by atoms with Crippen LogP contribution >= 0.6 is 11.6 Å². The number of alkyl halides is 1. The summed E-state index contributed by atoms with van der Waals surface area (Å²) >= 11 is 5.65. The molecule has 0 spiro atoms. The highest BCUT2D eigenvalue weighted by molar-refractivity contribution is 6.26. The fourth-order valence-corrected chi connectivity index (χ4v) is 8.52. The monoisotopic (exact) mass is 420 g/mol. The van der Waals surface area contributed by atoms with Crippen molar-refractivity contribution in [3.05, 3.63) is 0 Å². The van der Waals surface area contributed by atoms with Gasteiger partial charge in [-0.2, -0.15) is 5.26 Å². The van der Waals surface area contributed by atoms with Gasteiger partial charge in [-0.1, -0.05) is 13.8 Å². The van der Waals surface area contributed by atoms with E-state index in [0.29, 0.717) is 29.3 Å². The average molecular weight is 421 g/mol. The third kappa shape index (κ3) is 3.51. The number of carbonyl (C=O) groups excluding carboxylic acids is 1. The molecule has 162 valence electrons. The van der Waals surface area contributed by atoms with Gasteiger partial charge in [-0.25, -0.2) is 0 Å². The van der Waals surface area contributed by atoms with Crippen molar-refractivity contribution in [2.45, 2.75) is 83.8 Å². The number of halogens is 1. The van der Waals surface area contributed by atoms with Crippen LogP contribution in [0.15, 0.2) is 0 Å². The zero-order valence-corrected chi connectivity index (χ0v) is 19.1. The number of nitriles is 1. The van der Waals surface area contributed by atoms with Crippen molar-refractivity contribution in [2.24, 2.45) is 34.5 Å². The molecule has 0 amide bonds. The van der Waals surface area contributed by atoms with E-state index in [4.69, 9.17) is 16.3 Å². The Morgan fingerprint density at radius 3 is 2.55 bits per heavy atom. The fourth-order valence-electron chi connectivity index (χ4n) is 8.46. The van der Waals surface area contributed by atoms with Gasteiger partial charge in [0.1, 0.15) is 12.0 Å². The molecule has 0 unspecified atom stereocenters. The van der Waals surface area contributed by atoms with Gasteiger partial charge in [0.25, 0.3) is 0 Å². The van der Waals surface area contributed by atoms with E-state index in [2.05, 4.69) is 31.9 Å². The molecule has 0 aliphatic heterocycles. The lowest BCUT2D eigenvalue weighted by Gasteiger charge is -2.61. The highest BCUT2D eigenvalue weighted by atomic mass is 35.5. The maximum atomic E-state index is 11.7. The molecule has 4 aliphatic rings. The van der Waals surface area contributed by atoms with E-state index in [9.17, 15) is 10.1 Å². The van der Waals surface area contributed by atoms with Gasteiger partial charge in [-0.15, -0.1) is 11.6 Å². The number of fused-ring (bicyclic) bond motifs is 5. The van der Waals surface area contributed by atoms with Gasteiger partial charge in [0.2, 0.25) is 0 Å². The normalized spacial score (nSPS) is 46.3. The number of rotatable bonds is 4. The highest BCUT2D eigenvalue weighted by Crippen LogP contribution is 2.66. The van der Waals surface area contributed by atoms with E-state index in [-0.39, 0.29) is 18.0 Å². The van der Waals surface area contributed by atoms with Gasteiger partial charge in [-0.3, -0.25) is 9.69 Å². The van der Waals surface area contributed by atoms with E-state index in [1.807, 2.05) is 0 Å². The van der Waals surface area contributed by atoms with Crippen molar-refractivity contribution >= 4 is 17.6 Å². The maximum Gasteiger partial charge on any atom is 0.321 e. The van der Waals surface area contributed by atoms with Crippen LogP contribution in [0.3, 0.4) is 0 Å². The van der Waals surface area contributed by atoms with Crippen molar-refractivity contribution in [3.8, 4) is 6.07 Å². The molecule has 29 heavy (non-hydrogen) atoms. The summed E-state index contributed by atoms with van der Waals surface area (Å²) in [5.74, 6) is 2.82. The molecule has 0 radical (unpaired) electrons. The minimum Gasteiger partial charge on any atom is -0.461 e. The Labute approximate surface area is 181 Å². The van der Waals surface area contributed by atoms with E-state index in [1.54, 1.807) is 0 Å². The number of carbonyl (C=O) groups is 1. The second-order valence-corrected chi connectivity index (χ2v) is 11.2. The van der Waals surface area contributed by atoms with Gasteiger partial charge in [0.05, 0.1) is 12.6 Å². The molecule has 4 nitrogen and oxygen atoms in total. The van der Waals surface area contributed by atoms with Crippen molar-refractivity contribution < 1.29 is 9.53 Å². The zero-order chi connectivity index (χ0) is 20.8. The van der Waals surface area contributed by atoms with Crippen LogP contribution in [0, 0.1) is 45.8 Å². The Bertz CT molecular complexity index is 678. The van der Waals surface area contributed by atoms with E-state index in [1.165, 1.54) is 44.9 Å². The molecule has 4 fully saturated rings. The number of ether oxygens (including phenoxy) is 1. The Morgan fingerprint density at radius 2 is 1.83 bits per heavy atom. The van der Waals surface area contributed by atoms with Crippen LogP contribution in [0.5, 0.6) is 0 Å². The lowest BCUT2D eigenvalue weighted by molar-refractivity contribution is -0.159. The molecule has 0 heterocycles. The summed E-state index contributed by atoms with van der Waals surface area (Å²) in [6, 6.07) is 2.92. The Morgan fingerprint density at radius 1 is 1.10 bits per heavy atom. The smallest absolute Gasteiger partial charge is 0.321 e. The molecule has 0 aromatic heterocycles. The molecule has 0 bridgehead atoms. The molecule has 0 N–H and O–H groups in total. The summed E-state index contributed by atoms with van der Waals surface area (Å²) in [7, 11) is 2.15. The lowest BCUT2D eigenvalue weighted by atomic mass is 9.45. The molecule has 4 rings (SSSR count). The first-order chi connectivity index (χ1) is 13.8. The summed E-state index contributed by atoms with van der Waals surface area (Å²) in [5, 5.41) is 9.19. The van der Waals surface area contributed by atoms with Crippen molar-refractivity contribution in [1.29, 1.82) is 5.26 Å². The van der Waals surface area contributed by atoms with Gasteiger partial charge < -0.3 is 4.74 Å². The summed E-state index contributed by atoms with van der Waals surface area (Å²) in [6.07, 6.45) is 11.1. The predicted molar refractivity (Wildman–Crippen MR) is 114 cm³/mol. The number of hydrogen-bond donors (Lipinski definition) is 0. The number of hydrogen-bond acceptors (Lipinski definition) is 4. The van der Waals surface area contributed by atoms with Crippen LogP contribution < -0.4 is 0 Å². The largest absolute Gasteiger partial charge is 0.461 e. The summed E-state index contributed by atoms with van der Waals surface area (Å²) in [5.41, 5.74) is 0.758. The van der Waals surface area contributed by atoms with Crippen LogP contribution in [-0.2, 0) is 9.53 Å². The third-order valence-corrected chi connectivity index (χ3v) is 10.0. The first-order valence-electron chi connectivity index (χ1n) is 11.7. The minimum absolute atomic E-state index is 0.0369. The van der Waals surface area contributed by atoms with E-state index >= 15 is 0 Å². The number of esters is 1. The molecular formula is C24H37ClN2O2. The molecule has 5 heteroatoms. The van der Waals surface area contributed by atoms with Crippen LogP contribution in [0.1, 0.15) is 71.6 Å². The van der Waals surface area contributed by atoms with Crippen LogP contribution in [-0.4, -0.2) is 42.5 Å². The number of nitrogens with zero attached hydrogens (tertiary/aromatic N) is 2. The van der Waals surface area contributed by atoms with Crippen LogP contribution in [0.25, 0.3) is 0 Å². The molecule has 0 aromatic rings. The molecule has 8 atom stereocenters. The predicted octanol–water partition coefficient (Wildman–Crippen LogP) is 5.00. The van der Waals surface area contributed by atoms with Crippen molar-refractivity contribution in [2.75, 3.05) is 19.5 Å². The Balaban J connectivity index is 1.49. The van der Waals surface area contributed by atoms with E-state index in [0.717, 1.165) is 30.6 Å². The summed E-state index contributed by atoms with van der Waals surface area (Å²) in [6.45, 7) is 5.62. The molecule has 0 saturated heterocycles. The standard InChI is InChI=1S/C24H37ClN2O2/c1-23-10-8-17(29-22(28)15-25)14-16(23)4-5-18-19-6-7-21(27(3)13-12-26)24(19,2)11-9-20(18)23/h16-21H,4-11,13-15H2,1-3H3/t16-,17-,18-,19-,20-,21-,23-,24-/m0/s1. The molecular weight excluding hydrogens is 384 g/mol. The van der Waals surface area contributed by atoms with Crippen molar-refractivity contribution in [1.82, 2.24) is 4.90 Å². The Hall–Kier alpha value is -0.790. The van der Waals surface area contributed by atoms with Gasteiger partial charge in [0.15, 0.2) is 0 Å². The van der Waals surface area contributed by atoms with Gasteiger partial charge in [0, 0.05) is 6.04 Å². The average Bonchev–Trinajstić information content (AvgIpc) is 3.05. The maximum absolute atomic E-state index is 11.7. The molecule has 4 aliphatic carbocycles. The summed E-state index contributed by atoms with van der Waals surface area (Å²) in [4.78, 5) is 14.0. The van der Waals surface area contributed by atoms with Gasteiger partial charge >= 0.3 is 5.97 Å². The van der Waals surface area contributed by atoms with Crippen LogP contribution in [0.4, 0.5) is 0 Å². The highest BCUT2D eigenvalue weighted by Gasteiger charge is 2.60. The SMILES string of the molecule is CN(CC#N)[C@H]1CC[C@H]2[C@@H]3CC[C@H]4C[C@@H](OC(=O)CCl)CC[C@]4(C)[C@H]3CC[C@]12C. The topological polar surface area (TPSA) is 53.3 Å². The molecule has 4 saturated carbocycles. The van der Waals surface area contributed by atoms with E-state index < -0.39 is 0 Å². The van der Waals surface area contributed by atoms with Crippen LogP contribution in [0.2, 0.25) is 0 Å². The molecule has 0 aromatic carbocycles. The Kier molecular flexibility index (Phi) is 5.95. The fraction of sp³-hybridized carbons (Fsp3) is 0.917. The lowest BCUT2D eigenvalue weighted by Crippen LogP contribution is -2.56. The summed E-state index contributed by atoms with van der Waals surface area (Å²) < 4.78 is 5.62. The third-order valence-electron chi connectivity index (χ3n) is 9.83. The zero-order valence-electron chi connectivity index (χ0n) is 18.3. The van der Waals surface area contributed by atoms with Crippen molar-refractivity contribution in [3.63, 3.8) is 0 Å². The quantitative estimate of drug-likeness (QED) is 0.364.